The fraction of sp³-hybridized carbons (Fsp3) is 0.500. The van der Waals surface area contributed by atoms with Gasteiger partial charge in [-0.1, -0.05) is 113 Å². The van der Waals surface area contributed by atoms with Crippen molar-refractivity contribution in [1.29, 1.82) is 0 Å². The van der Waals surface area contributed by atoms with Crippen LogP contribution in [0.15, 0.2) is 53.6 Å². The van der Waals surface area contributed by atoms with Gasteiger partial charge in [0.05, 0.1) is 0 Å². The van der Waals surface area contributed by atoms with Gasteiger partial charge in [0.25, 0.3) is 0 Å². The summed E-state index contributed by atoms with van der Waals surface area (Å²) in [6, 6.07) is 12.5. The number of esters is 1. The first kappa shape index (κ1) is 24.3. The molecule has 1 unspecified atom stereocenters. The lowest BCUT2D eigenvalue weighted by Gasteiger charge is -2.22. The zero-order chi connectivity index (χ0) is 22.8. The van der Waals surface area contributed by atoms with E-state index >= 15 is 0 Å². The van der Waals surface area contributed by atoms with Crippen molar-refractivity contribution in [2.75, 3.05) is 0 Å². The molecule has 0 aliphatic heterocycles. The van der Waals surface area contributed by atoms with Gasteiger partial charge in [-0.25, -0.2) is 4.79 Å². The summed E-state index contributed by atoms with van der Waals surface area (Å²) in [5, 5.41) is 2.38. The van der Waals surface area contributed by atoms with Gasteiger partial charge >= 0.3 is 5.97 Å². The van der Waals surface area contributed by atoms with E-state index in [2.05, 4.69) is 50.3 Å². The number of hydrogen-bond donors (Lipinski definition) is 0. The highest BCUT2D eigenvalue weighted by atomic mass is 16.5. The fourth-order valence-electron chi connectivity index (χ4n) is 4.62. The van der Waals surface area contributed by atoms with Crippen molar-refractivity contribution >= 4 is 22.8 Å². The minimum absolute atomic E-state index is 0.194. The van der Waals surface area contributed by atoms with Gasteiger partial charge in [0, 0.05) is 11.1 Å². The van der Waals surface area contributed by atoms with Crippen molar-refractivity contribution in [2.45, 2.75) is 97.5 Å². The molecule has 1 aliphatic carbocycles. The molecule has 1 atom stereocenters. The minimum Gasteiger partial charge on any atom is -0.450 e. The molecule has 0 saturated carbocycles. The van der Waals surface area contributed by atoms with Crippen molar-refractivity contribution in [1.82, 2.24) is 0 Å². The van der Waals surface area contributed by atoms with Gasteiger partial charge in [0.2, 0.25) is 0 Å². The Morgan fingerprint density at radius 2 is 1.47 bits per heavy atom. The van der Waals surface area contributed by atoms with Crippen molar-refractivity contribution in [2.24, 2.45) is 0 Å². The first-order chi connectivity index (χ1) is 15.6. The quantitative estimate of drug-likeness (QED) is 0.179. The molecular formula is C30H40O2. The number of rotatable bonds is 13. The number of allylic oxidation sites excluding steroid dienone is 1. The second kappa shape index (κ2) is 12.6. The van der Waals surface area contributed by atoms with Crippen LogP contribution >= 0.6 is 0 Å². The number of carbonyl (C=O) groups excluding carboxylic acids is 1. The van der Waals surface area contributed by atoms with Gasteiger partial charge in [0.15, 0.2) is 0 Å². The largest absolute Gasteiger partial charge is 0.450 e. The van der Waals surface area contributed by atoms with Gasteiger partial charge < -0.3 is 4.74 Å². The third-order valence-electron chi connectivity index (χ3n) is 6.81. The standard InChI is InChI=1S/C30H40O2/c1-4-5-6-7-8-9-10-11-12-13-16-23(2)24(3)30(31)32-28-22-21-26-18-14-17-25-19-15-20-27(28)29(25)26/h14-15,17-22,28H,4-13,16H2,1-3H3. The highest BCUT2D eigenvalue weighted by Crippen LogP contribution is 2.35. The summed E-state index contributed by atoms with van der Waals surface area (Å²) in [6.07, 6.45) is 18.0. The van der Waals surface area contributed by atoms with E-state index in [0.717, 1.165) is 29.6 Å². The van der Waals surface area contributed by atoms with E-state index in [9.17, 15) is 4.79 Å². The molecule has 2 aromatic rings. The van der Waals surface area contributed by atoms with Crippen LogP contribution in [0, 0.1) is 0 Å². The summed E-state index contributed by atoms with van der Waals surface area (Å²) in [4.78, 5) is 12.9. The molecule has 0 aromatic heterocycles. The molecule has 0 radical (unpaired) electrons. The lowest BCUT2D eigenvalue weighted by atomic mass is 9.91. The number of ether oxygens (including phenoxy) is 1. The van der Waals surface area contributed by atoms with E-state index in [-0.39, 0.29) is 12.1 Å². The summed E-state index contributed by atoms with van der Waals surface area (Å²) < 4.78 is 5.94. The Kier molecular flexibility index (Phi) is 9.59. The number of unbranched alkanes of at least 4 members (excludes halogenated alkanes) is 9. The molecule has 2 heteroatoms. The number of benzene rings is 2. The summed E-state index contributed by atoms with van der Waals surface area (Å²) in [6.45, 7) is 6.26. The van der Waals surface area contributed by atoms with Crippen molar-refractivity contribution < 1.29 is 9.53 Å². The molecule has 0 heterocycles. The van der Waals surface area contributed by atoms with Crippen molar-refractivity contribution in [3.8, 4) is 0 Å². The summed E-state index contributed by atoms with van der Waals surface area (Å²) in [7, 11) is 0. The van der Waals surface area contributed by atoms with E-state index in [1.807, 2.05) is 19.1 Å². The van der Waals surface area contributed by atoms with E-state index in [1.165, 1.54) is 74.1 Å². The molecule has 2 aromatic carbocycles. The van der Waals surface area contributed by atoms with E-state index in [4.69, 9.17) is 4.74 Å². The van der Waals surface area contributed by atoms with Gasteiger partial charge in [-0.3, -0.25) is 0 Å². The Bertz CT molecular complexity index is 945. The topological polar surface area (TPSA) is 26.3 Å². The average molecular weight is 433 g/mol. The minimum atomic E-state index is -0.318. The molecule has 0 amide bonds. The Hall–Kier alpha value is -2.35. The third-order valence-corrected chi connectivity index (χ3v) is 6.81. The van der Waals surface area contributed by atoms with Crippen molar-refractivity contribution in [3.63, 3.8) is 0 Å². The molecule has 32 heavy (non-hydrogen) atoms. The molecule has 1 aliphatic rings. The predicted octanol–water partition coefficient (Wildman–Crippen LogP) is 9.10. The van der Waals surface area contributed by atoms with Gasteiger partial charge in [-0.2, -0.15) is 0 Å². The van der Waals surface area contributed by atoms with E-state index in [0.29, 0.717) is 0 Å². The molecule has 172 valence electrons. The summed E-state index contributed by atoms with van der Waals surface area (Å²) >= 11 is 0. The summed E-state index contributed by atoms with van der Waals surface area (Å²) in [5.41, 5.74) is 4.19. The first-order valence-electron chi connectivity index (χ1n) is 12.7. The van der Waals surface area contributed by atoms with E-state index < -0.39 is 0 Å². The highest BCUT2D eigenvalue weighted by molar-refractivity contribution is 5.96. The predicted molar refractivity (Wildman–Crippen MR) is 137 cm³/mol. The van der Waals surface area contributed by atoms with Crippen LogP contribution in [0.4, 0.5) is 0 Å². The van der Waals surface area contributed by atoms with Crippen LogP contribution in [0.3, 0.4) is 0 Å². The molecule has 0 fully saturated rings. The molecule has 3 rings (SSSR count). The van der Waals surface area contributed by atoms with Crippen molar-refractivity contribution in [3.05, 3.63) is 64.7 Å². The zero-order valence-corrected chi connectivity index (χ0v) is 20.3. The Labute approximate surface area is 194 Å². The maximum absolute atomic E-state index is 12.9. The van der Waals surface area contributed by atoms with Crippen LogP contribution < -0.4 is 0 Å². The smallest absolute Gasteiger partial charge is 0.334 e. The molecule has 0 spiro atoms. The van der Waals surface area contributed by atoms with Crippen LogP contribution in [-0.2, 0) is 9.53 Å². The van der Waals surface area contributed by atoms with Crippen LogP contribution in [-0.4, -0.2) is 5.97 Å². The van der Waals surface area contributed by atoms with Crippen LogP contribution in [0.25, 0.3) is 16.8 Å². The molecule has 0 bridgehead atoms. The van der Waals surface area contributed by atoms with Gasteiger partial charge in [0.1, 0.15) is 6.10 Å². The lowest BCUT2D eigenvalue weighted by Crippen LogP contribution is -2.13. The second-order valence-electron chi connectivity index (χ2n) is 9.31. The third kappa shape index (κ3) is 6.58. The number of carbonyl (C=O) groups is 1. The molecular weight excluding hydrogens is 392 g/mol. The highest BCUT2D eigenvalue weighted by Gasteiger charge is 2.22. The van der Waals surface area contributed by atoms with Gasteiger partial charge in [-0.15, -0.1) is 0 Å². The Morgan fingerprint density at radius 1 is 0.844 bits per heavy atom. The molecule has 0 saturated heterocycles. The second-order valence-corrected chi connectivity index (χ2v) is 9.31. The van der Waals surface area contributed by atoms with Gasteiger partial charge in [-0.05, 0) is 49.1 Å². The first-order valence-corrected chi connectivity index (χ1v) is 12.7. The average Bonchev–Trinajstić information content (AvgIpc) is 2.81. The van der Waals surface area contributed by atoms with Crippen LogP contribution in [0.2, 0.25) is 0 Å². The normalized spacial score (nSPS) is 15.7. The van der Waals surface area contributed by atoms with E-state index in [1.54, 1.807) is 0 Å². The maximum atomic E-state index is 12.9. The molecule has 0 N–H and O–H groups in total. The molecule has 2 nitrogen and oxygen atoms in total. The lowest BCUT2D eigenvalue weighted by molar-refractivity contribution is -0.142. The Morgan fingerprint density at radius 3 is 2.16 bits per heavy atom. The Balaban J connectivity index is 1.44. The van der Waals surface area contributed by atoms with Crippen LogP contribution in [0.1, 0.15) is 109 Å². The summed E-state index contributed by atoms with van der Waals surface area (Å²) in [5.74, 6) is -0.194. The SMILES string of the molecule is CCCCCCCCCCCCC(C)=C(C)C(=O)OC1C=Cc2cccc3cccc1c23. The monoisotopic (exact) mass is 432 g/mol. The fourth-order valence-corrected chi connectivity index (χ4v) is 4.62. The van der Waals surface area contributed by atoms with Crippen LogP contribution in [0.5, 0.6) is 0 Å². The maximum Gasteiger partial charge on any atom is 0.334 e. The number of hydrogen-bond acceptors (Lipinski definition) is 2. The zero-order valence-electron chi connectivity index (χ0n) is 20.3.